The van der Waals surface area contributed by atoms with Crippen LogP contribution in [0.4, 0.5) is 11.6 Å². The van der Waals surface area contributed by atoms with E-state index in [1.807, 2.05) is 43.3 Å². The van der Waals surface area contributed by atoms with Gasteiger partial charge in [0, 0.05) is 22.8 Å². The highest BCUT2D eigenvalue weighted by Crippen LogP contribution is 2.35. The van der Waals surface area contributed by atoms with Crippen molar-refractivity contribution in [3.05, 3.63) is 65.2 Å². The van der Waals surface area contributed by atoms with Gasteiger partial charge in [-0.2, -0.15) is 0 Å². The summed E-state index contributed by atoms with van der Waals surface area (Å²) in [6.45, 7) is 5.89. The maximum Gasteiger partial charge on any atom is 0.365 e. The number of likely N-dealkylation sites (tertiary alicyclic amines) is 1. The van der Waals surface area contributed by atoms with Gasteiger partial charge in [-0.05, 0) is 98.6 Å². The Hall–Kier alpha value is -3.23. The van der Waals surface area contributed by atoms with Crippen molar-refractivity contribution >= 4 is 42.5 Å². The number of hydrogen-bond donors (Lipinski definition) is 2. The zero-order chi connectivity index (χ0) is 25.8. The number of hydrogen-bond acceptors (Lipinski definition) is 8. The summed E-state index contributed by atoms with van der Waals surface area (Å²) >= 11 is 6.39. The second kappa shape index (κ2) is 11.4. The average molecular weight is 540 g/mol. The number of ether oxygens (including phenoxy) is 1. The molecule has 1 aromatic heterocycles. The van der Waals surface area contributed by atoms with Crippen molar-refractivity contribution in [1.29, 1.82) is 0 Å². The van der Waals surface area contributed by atoms with Gasteiger partial charge in [0.05, 0.1) is 5.52 Å². The summed E-state index contributed by atoms with van der Waals surface area (Å²) in [6, 6.07) is 16.2. The third-order valence-electron chi connectivity index (χ3n) is 6.19. The first kappa shape index (κ1) is 25.4. The van der Waals surface area contributed by atoms with Gasteiger partial charge in [-0.3, -0.25) is 4.90 Å². The predicted molar refractivity (Wildman–Crippen MR) is 145 cm³/mol. The largest absolute Gasteiger partial charge is 0.492 e. The fourth-order valence-corrected chi connectivity index (χ4v) is 4.93. The molecule has 0 saturated carbocycles. The normalized spacial score (nSPS) is 14.6. The summed E-state index contributed by atoms with van der Waals surface area (Å²) in [5.74, 6) is 1.47. The lowest BCUT2D eigenvalue weighted by Gasteiger charge is -2.15. The number of benzene rings is 3. The van der Waals surface area contributed by atoms with Crippen molar-refractivity contribution in [2.24, 2.45) is 0 Å². The molecule has 2 heterocycles. The maximum absolute atomic E-state index is 11.1. The fourth-order valence-electron chi connectivity index (χ4n) is 4.37. The molecule has 1 aliphatic heterocycles. The zero-order valence-electron chi connectivity index (χ0n) is 20.3. The van der Waals surface area contributed by atoms with Crippen LogP contribution in [0.25, 0.3) is 22.2 Å². The number of rotatable bonds is 9. The maximum atomic E-state index is 11.1. The summed E-state index contributed by atoms with van der Waals surface area (Å²) in [7, 11) is -3.12. The van der Waals surface area contributed by atoms with Gasteiger partial charge in [0.25, 0.3) is 0 Å². The predicted octanol–water partition coefficient (Wildman–Crippen LogP) is 5.63. The zero-order valence-corrected chi connectivity index (χ0v) is 22.0. The number of halogens is 1. The molecule has 1 atom stereocenters. The van der Waals surface area contributed by atoms with Gasteiger partial charge >= 0.3 is 8.25 Å². The van der Waals surface area contributed by atoms with Crippen molar-refractivity contribution in [2.75, 3.05) is 31.6 Å². The first-order chi connectivity index (χ1) is 17.9. The third-order valence-corrected chi connectivity index (χ3v) is 6.93. The highest BCUT2D eigenvalue weighted by molar-refractivity contribution is 7.32. The summed E-state index contributed by atoms with van der Waals surface area (Å²) in [5, 5.41) is 12.3. The SMILES string of the molecule is Cc1cc(-c2cc(O[PH](=O)O)ccc2Cl)cc2nnc(Nc3ccc(OCCN4CCCC4)cc3)nc12. The van der Waals surface area contributed by atoms with Crippen LogP contribution < -0.4 is 14.6 Å². The quantitative estimate of drug-likeness (QED) is 0.261. The smallest absolute Gasteiger partial charge is 0.365 e. The van der Waals surface area contributed by atoms with Crippen molar-refractivity contribution in [1.82, 2.24) is 20.1 Å². The number of nitrogens with one attached hydrogen (secondary N) is 1. The van der Waals surface area contributed by atoms with E-state index in [1.165, 1.54) is 12.8 Å². The number of nitrogens with zero attached hydrogens (tertiary/aromatic N) is 4. The molecule has 1 fully saturated rings. The Morgan fingerprint density at radius 2 is 1.81 bits per heavy atom. The average Bonchev–Trinajstić information content (AvgIpc) is 3.40. The molecule has 4 aromatic rings. The second-order valence-electron chi connectivity index (χ2n) is 8.85. The molecule has 5 rings (SSSR count). The molecule has 0 radical (unpaired) electrons. The lowest BCUT2D eigenvalue weighted by Crippen LogP contribution is -2.25. The minimum atomic E-state index is -3.12. The molecule has 0 bridgehead atoms. The number of aromatic nitrogens is 3. The van der Waals surface area contributed by atoms with Crippen LogP contribution in [0.3, 0.4) is 0 Å². The Bertz CT molecular complexity index is 1430. The fraction of sp³-hybridized carbons (Fsp3) is 0.269. The van der Waals surface area contributed by atoms with Crippen LogP contribution in [0, 0.1) is 6.92 Å². The second-order valence-corrected chi connectivity index (χ2v) is 10.00. The van der Waals surface area contributed by atoms with Crippen LogP contribution in [-0.2, 0) is 4.57 Å². The summed E-state index contributed by atoms with van der Waals surface area (Å²) in [6.07, 6.45) is 2.56. The summed E-state index contributed by atoms with van der Waals surface area (Å²) in [4.78, 5) is 16.2. The van der Waals surface area contributed by atoms with Gasteiger partial charge < -0.3 is 19.5 Å². The highest BCUT2D eigenvalue weighted by atomic mass is 35.5. The van der Waals surface area contributed by atoms with E-state index in [0.717, 1.165) is 42.2 Å². The molecule has 0 spiro atoms. The third kappa shape index (κ3) is 6.37. The minimum Gasteiger partial charge on any atom is -0.492 e. The number of aryl methyl sites for hydroxylation is 1. The first-order valence-electron chi connectivity index (χ1n) is 12.0. The van der Waals surface area contributed by atoms with E-state index in [2.05, 4.69) is 25.4 Å². The van der Waals surface area contributed by atoms with E-state index in [9.17, 15) is 4.57 Å². The minimum absolute atomic E-state index is 0.260. The van der Waals surface area contributed by atoms with E-state index in [1.54, 1.807) is 18.2 Å². The highest BCUT2D eigenvalue weighted by Gasteiger charge is 2.13. The number of fused-ring (bicyclic) bond motifs is 1. The lowest BCUT2D eigenvalue weighted by atomic mass is 10.0. The van der Waals surface area contributed by atoms with E-state index < -0.39 is 8.25 Å². The lowest BCUT2D eigenvalue weighted by molar-refractivity contribution is 0.238. The molecular weight excluding hydrogens is 513 g/mol. The van der Waals surface area contributed by atoms with Crippen LogP contribution in [0.5, 0.6) is 11.5 Å². The molecule has 2 N–H and O–H groups in total. The molecule has 0 amide bonds. The molecule has 1 aliphatic rings. The van der Waals surface area contributed by atoms with E-state index >= 15 is 0 Å². The van der Waals surface area contributed by atoms with Crippen molar-refractivity contribution in [3.8, 4) is 22.6 Å². The molecular formula is C26H27ClN5O4P. The standard InChI is InChI=1S/C26H27ClN5O4P/c1-17-14-18(22-16-21(36-37(33)34)8-9-23(22)27)15-24-25(17)29-26(31-30-24)28-19-4-6-20(7-5-19)35-13-12-32-10-2-3-11-32/h4-9,14-16,37H,2-3,10-13H2,1H3,(H,33,34)(H,28,29,31). The van der Waals surface area contributed by atoms with E-state index in [4.69, 9.17) is 25.8 Å². The van der Waals surface area contributed by atoms with Crippen LogP contribution >= 0.6 is 19.9 Å². The molecule has 9 nitrogen and oxygen atoms in total. The Balaban J connectivity index is 1.29. The molecule has 3 aromatic carbocycles. The van der Waals surface area contributed by atoms with E-state index in [0.29, 0.717) is 34.2 Å². The van der Waals surface area contributed by atoms with Crippen LogP contribution in [0.2, 0.25) is 5.02 Å². The van der Waals surface area contributed by atoms with Gasteiger partial charge in [0.15, 0.2) is 0 Å². The Kier molecular flexibility index (Phi) is 7.86. The Labute approximate surface area is 220 Å². The summed E-state index contributed by atoms with van der Waals surface area (Å²) in [5.41, 5.74) is 4.43. The Morgan fingerprint density at radius 3 is 2.57 bits per heavy atom. The van der Waals surface area contributed by atoms with Gasteiger partial charge in [-0.15, -0.1) is 10.2 Å². The number of anilines is 2. The van der Waals surface area contributed by atoms with E-state index in [-0.39, 0.29) is 5.75 Å². The molecule has 37 heavy (non-hydrogen) atoms. The van der Waals surface area contributed by atoms with Crippen molar-refractivity contribution in [2.45, 2.75) is 19.8 Å². The van der Waals surface area contributed by atoms with Crippen LogP contribution in [0.15, 0.2) is 54.6 Å². The van der Waals surface area contributed by atoms with Gasteiger partial charge in [-0.1, -0.05) is 11.6 Å². The van der Waals surface area contributed by atoms with Crippen molar-refractivity contribution < 1.29 is 18.7 Å². The van der Waals surface area contributed by atoms with Crippen LogP contribution in [0.1, 0.15) is 18.4 Å². The van der Waals surface area contributed by atoms with Crippen molar-refractivity contribution in [3.63, 3.8) is 0 Å². The summed E-state index contributed by atoms with van der Waals surface area (Å²) < 4.78 is 21.9. The molecule has 0 aliphatic carbocycles. The molecule has 11 heteroatoms. The van der Waals surface area contributed by atoms with Gasteiger partial charge in [0.2, 0.25) is 5.95 Å². The monoisotopic (exact) mass is 539 g/mol. The molecule has 192 valence electrons. The topological polar surface area (TPSA) is 110 Å². The molecule has 1 unspecified atom stereocenters. The van der Waals surface area contributed by atoms with Gasteiger partial charge in [-0.25, -0.2) is 9.55 Å². The van der Waals surface area contributed by atoms with Gasteiger partial charge in [0.1, 0.15) is 23.6 Å². The van der Waals surface area contributed by atoms with Crippen LogP contribution in [-0.4, -0.2) is 51.2 Å². The Morgan fingerprint density at radius 1 is 1.05 bits per heavy atom. The molecule has 1 saturated heterocycles. The first-order valence-corrected chi connectivity index (χ1v) is 13.7.